The molecule has 0 radical (unpaired) electrons. The van der Waals surface area contributed by atoms with Gasteiger partial charge in [-0.15, -0.1) is 11.6 Å². The molecule has 0 aliphatic rings. The summed E-state index contributed by atoms with van der Waals surface area (Å²) in [6.45, 7) is 4.42. The number of anilines is 1. The molecule has 0 aliphatic heterocycles. The van der Waals surface area contributed by atoms with Gasteiger partial charge in [-0.2, -0.15) is 5.10 Å². The molecule has 1 amide bonds. The fourth-order valence-electron chi connectivity index (χ4n) is 2.30. The first-order valence-corrected chi connectivity index (χ1v) is 6.97. The van der Waals surface area contributed by atoms with Crippen LogP contribution in [0.3, 0.4) is 0 Å². The van der Waals surface area contributed by atoms with Crippen molar-refractivity contribution in [1.82, 2.24) is 9.78 Å². The number of para-hydroxylation sites is 1. The topological polar surface area (TPSA) is 38.1 Å². The van der Waals surface area contributed by atoms with Crippen LogP contribution in [0.15, 0.2) is 30.5 Å². The van der Waals surface area contributed by atoms with Crippen LogP contribution in [0.25, 0.3) is 0 Å². The van der Waals surface area contributed by atoms with Crippen molar-refractivity contribution in [1.29, 1.82) is 0 Å². The average molecular weight is 292 g/mol. The second kappa shape index (κ2) is 6.09. The number of hydrogen-bond donors (Lipinski definition) is 0. The van der Waals surface area contributed by atoms with Crippen molar-refractivity contribution in [3.63, 3.8) is 0 Å². The van der Waals surface area contributed by atoms with Crippen LogP contribution in [0, 0.1) is 13.8 Å². The van der Waals surface area contributed by atoms with E-state index < -0.39 is 0 Å². The summed E-state index contributed by atoms with van der Waals surface area (Å²) in [4.78, 5) is 13.9. The average Bonchev–Trinajstić information content (AvgIpc) is 2.82. The molecular weight excluding hydrogens is 274 g/mol. The van der Waals surface area contributed by atoms with Crippen LogP contribution in [0.2, 0.25) is 0 Å². The standard InChI is InChI=1S/C15H18ClN3O/c1-11-5-4-6-12(2)15(11)19(14(20)9-16)10-13-7-8-18(3)17-13/h4-8H,9-10H2,1-3H3. The maximum absolute atomic E-state index is 12.2. The van der Waals surface area contributed by atoms with E-state index in [2.05, 4.69) is 5.10 Å². The number of amides is 1. The van der Waals surface area contributed by atoms with E-state index in [0.29, 0.717) is 6.54 Å². The molecule has 0 saturated heterocycles. The number of carbonyl (C=O) groups excluding carboxylic acids is 1. The number of hydrogen-bond acceptors (Lipinski definition) is 2. The van der Waals surface area contributed by atoms with E-state index in [1.807, 2.05) is 51.4 Å². The van der Waals surface area contributed by atoms with Gasteiger partial charge in [0.15, 0.2) is 0 Å². The summed E-state index contributed by atoms with van der Waals surface area (Å²) < 4.78 is 1.73. The highest BCUT2D eigenvalue weighted by molar-refractivity contribution is 6.29. The zero-order valence-corrected chi connectivity index (χ0v) is 12.7. The van der Waals surface area contributed by atoms with Crippen molar-refractivity contribution in [3.8, 4) is 0 Å². The van der Waals surface area contributed by atoms with Crippen molar-refractivity contribution in [2.24, 2.45) is 7.05 Å². The van der Waals surface area contributed by atoms with Crippen LogP contribution < -0.4 is 4.90 Å². The second-order valence-corrected chi connectivity index (χ2v) is 5.10. The summed E-state index contributed by atoms with van der Waals surface area (Å²) >= 11 is 5.76. The smallest absolute Gasteiger partial charge is 0.242 e. The molecule has 1 heterocycles. The second-order valence-electron chi connectivity index (χ2n) is 4.83. The summed E-state index contributed by atoms with van der Waals surface area (Å²) in [7, 11) is 1.86. The first-order chi connectivity index (χ1) is 9.52. The highest BCUT2D eigenvalue weighted by atomic mass is 35.5. The van der Waals surface area contributed by atoms with Gasteiger partial charge >= 0.3 is 0 Å². The predicted octanol–water partition coefficient (Wildman–Crippen LogP) is 2.81. The Morgan fingerprint density at radius 3 is 2.45 bits per heavy atom. The molecule has 0 spiro atoms. The molecule has 2 rings (SSSR count). The molecule has 0 aliphatic carbocycles. The maximum atomic E-state index is 12.2. The fourth-order valence-corrected chi connectivity index (χ4v) is 2.45. The number of aromatic nitrogens is 2. The summed E-state index contributed by atoms with van der Waals surface area (Å²) in [6, 6.07) is 7.88. The zero-order chi connectivity index (χ0) is 14.7. The summed E-state index contributed by atoms with van der Waals surface area (Å²) in [5.41, 5.74) is 3.87. The molecule has 106 valence electrons. The van der Waals surface area contributed by atoms with E-state index in [1.165, 1.54) is 0 Å². The Morgan fingerprint density at radius 1 is 1.30 bits per heavy atom. The van der Waals surface area contributed by atoms with Crippen LogP contribution in [0.5, 0.6) is 0 Å². The van der Waals surface area contributed by atoms with Gasteiger partial charge in [0.05, 0.1) is 12.2 Å². The molecule has 5 heteroatoms. The maximum Gasteiger partial charge on any atom is 0.242 e. The Morgan fingerprint density at radius 2 is 1.95 bits per heavy atom. The molecule has 1 aromatic heterocycles. The van der Waals surface area contributed by atoms with Crippen LogP contribution in [0.4, 0.5) is 5.69 Å². The molecular formula is C15H18ClN3O. The monoisotopic (exact) mass is 291 g/mol. The Kier molecular flexibility index (Phi) is 4.45. The van der Waals surface area contributed by atoms with E-state index in [-0.39, 0.29) is 11.8 Å². The van der Waals surface area contributed by atoms with Gasteiger partial charge < -0.3 is 4.90 Å². The lowest BCUT2D eigenvalue weighted by atomic mass is 10.1. The van der Waals surface area contributed by atoms with Gasteiger partial charge in [-0.3, -0.25) is 9.48 Å². The Bertz CT molecular complexity index is 601. The quantitative estimate of drug-likeness (QED) is 0.813. The molecule has 0 unspecified atom stereocenters. The van der Waals surface area contributed by atoms with Gasteiger partial charge in [0.1, 0.15) is 5.88 Å². The van der Waals surface area contributed by atoms with Crippen LogP contribution in [0.1, 0.15) is 16.8 Å². The molecule has 0 N–H and O–H groups in total. The minimum absolute atomic E-state index is 0.0411. The van der Waals surface area contributed by atoms with Gasteiger partial charge in [0, 0.05) is 18.9 Å². The Balaban J connectivity index is 2.40. The molecule has 0 fully saturated rings. The molecule has 1 aromatic carbocycles. The van der Waals surface area contributed by atoms with E-state index in [9.17, 15) is 4.79 Å². The van der Waals surface area contributed by atoms with Crippen LogP contribution in [-0.2, 0) is 18.4 Å². The zero-order valence-electron chi connectivity index (χ0n) is 11.9. The highest BCUT2D eigenvalue weighted by Crippen LogP contribution is 2.26. The number of aryl methyl sites for hydroxylation is 3. The predicted molar refractivity (Wildman–Crippen MR) is 81.0 cm³/mol. The van der Waals surface area contributed by atoms with Crippen LogP contribution in [-0.4, -0.2) is 21.6 Å². The van der Waals surface area contributed by atoms with Gasteiger partial charge in [-0.05, 0) is 31.0 Å². The van der Waals surface area contributed by atoms with E-state index in [1.54, 1.807) is 9.58 Å². The third-order valence-electron chi connectivity index (χ3n) is 3.21. The first-order valence-electron chi connectivity index (χ1n) is 6.44. The lowest BCUT2D eigenvalue weighted by Crippen LogP contribution is -2.32. The molecule has 0 bridgehead atoms. The summed E-state index contributed by atoms with van der Waals surface area (Å²) in [6.07, 6.45) is 1.86. The molecule has 0 atom stereocenters. The van der Waals surface area contributed by atoms with E-state index in [4.69, 9.17) is 11.6 Å². The number of alkyl halides is 1. The number of halogens is 1. The number of benzene rings is 1. The number of rotatable bonds is 4. The summed E-state index contributed by atoms with van der Waals surface area (Å²) in [5.74, 6) is -0.157. The van der Waals surface area contributed by atoms with Crippen LogP contribution >= 0.6 is 11.6 Å². The van der Waals surface area contributed by atoms with Gasteiger partial charge in [0.2, 0.25) is 5.91 Å². The molecule has 20 heavy (non-hydrogen) atoms. The third-order valence-corrected chi connectivity index (χ3v) is 3.44. The van der Waals surface area contributed by atoms with Crippen molar-refractivity contribution in [3.05, 3.63) is 47.3 Å². The first kappa shape index (κ1) is 14.6. The minimum atomic E-state index is -0.116. The van der Waals surface area contributed by atoms with Gasteiger partial charge in [-0.1, -0.05) is 18.2 Å². The lowest BCUT2D eigenvalue weighted by molar-refractivity contribution is -0.116. The van der Waals surface area contributed by atoms with Crippen molar-refractivity contribution >= 4 is 23.2 Å². The molecule has 0 saturated carbocycles. The molecule has 2 aromatic rings. The Hall–Kier alpha value is -1.81. The Labute approximate surface area is 124 Å². The van der Waals surface area contributed by atoms with Crippen molar-refractivity contribution in [2.45, 2.75) is 20.4 Å². The van der Waals surface area contributed by atoms with E-state index in [0.717, 1.165) is 22.5 Å². The number of carbonyl (C=O) groups is 1. The highest BCUT2D eigenvalue weighted by Gasteiger charge is 2.19. The van der Waals surface area contributed by atoms with Gasteiger partial charge in [-0.25, -0.2) is 0 Å². The summed E-state index contributed by atoms with van der Waals surface area (Å²) in [5, 5.41) is 4.33. The third kappa shape index (κ3) is 3.02. The lowest BCUT2D eigenvalue weighted by Gasteiger charge is -2.25. The fraction of sp³-hybridized carbons (Fsp3) is 0.333. The van der Waals surface area contributed by atoms with Crippen molar-refractivity contribution in [2.75, 3.05) is 10.8 Å². The minimum Gasteiger partial charge on any atom is -0.305 e. The normalized spacial score (nSPS) is 10.6. The van der Waals surface area contributed by atoms with Crippen molar-refractivity contribution < 1.29 is 4.79 Å². The largest absolute Gasteiger partial charge is 0.305 e. The number of nitrogens with zero attached hydrogens (tertiary/aromatic N) is 3. The van der Waals surface area contributed by atoms with Gasteiger partial charge in [0.25, 0.3) is 0 Å². The van der Waals surface area contributed by atoms with E-state index >= 15 is 0 Å². The molecule has 4 nitrogen and oxygen atoms in total. The SMILES string of the molecule is Cc1cccc(C)c1N(Cc1ccn(C)n1)C(=O)CCl.